The Labute approximate surface area is 190 Å². The Morgan fingerprint density at radius 1 is 0.969 bits per heavy atom. The predicted molar refractivity (Wildman–Crippen MR) is 125 cm³/mol. The van der Waals surface area contributed by atoms with E-state index in [-0.39, 0.29) is 17.4 Å². The van der Waals surface area contributed by atoms with Gasteiger partial charge in [0.25, 0.3) is 0 Å². The van der Waals surface area contributed by atoms with E-state index in [0.717, 1.165) is 70.6 Å². The average Bonchev–Trinajstić information content (AvgIpc) is 3.08. The predicted octanol–water partition coefficient (Wildman–Crippen LogP) is 3.04. The number of piperazine rings is 1. The highest BCUT2D eigenvalue weighted by Crippen LogP contribution is 2.25. The number of likely N-dealkylation sites (tertiary alicyclic amines) is 1. The molecule has 8 heteroatoms. The second-order valence-electron chi connectivity index (χ2n) is 8.74. The standard InChI is InChI=1S/C24H36N4O4/c1-2-3-8-22(29)25-21-10-9-19(17-20(21)24(31)32)27-15-13-26(14-16-27)18-23(30)28-11-6-4-5-7-12-28/h9-10,17H,2-8,11-16,18H2,1H3,(H,25,29)(H,31,32). The van der Waals surface area contributed by atoms with Crippen LogP contribution >= 0.6 is 0 Å². The van der Waals surface area contributed by atoms with Crippen LogP contribution in [0, 0.1) is 0 Å². The van der Waals surface area contributed by atoms with Gasteiger partial charge in [-0.25, -0.2) is 4.79 Å². The van der Waals surface area contributed by atoms with Gasteiger partial charge in [-0.15, -0.1) is 0 Å². The fourth-order valence-corrected chi connectivity index (χ4v) is 4.34. The molecule has 1 aromatic carbocycles. The Bertz CT molecular complexity index is 797. The van der Waals surface area contributed by atoms with E-state index >= 15 is 0 Å². The van der Waals surface area contributed by atoms with Crippen molar-refractivity contribution in [2.45, 2.75) is 51.9 Å². The molecule has 176 valence electrons. The number of carbonyl (C=O) groups is 3. The molecule has 0 aliphatic carbocycles. The van der Waals surface area contributed by atoms with Gasteiger partial charge in [0, 0.05) is 51.4 Å². The number of hydrogen-bond acceptors (Lipinski definition) is 5. The van der Waals surface area contributed by atoms with E-state index < -0.39 is 5.97 Å². The van der Waals surface area contributed by atoms with Crippen molar-refractivity contribution in [3.05, 3.63) is 23.8 Å². The molecule has 2 N–H and O–H groups in total. The molecule has 0 aromatic heterocycles. The molecule has 3 rings (SSSR count). The monoisotopic (exact) mass is 444 g/mol. The summed E-state index contributed by atoms with van der Waals surface area (Å²) in [4.78, 5) is 42.8. The third-order valence-corrected chi connectivity index (χ3v) is 6.32. The number of benzene rings is 1. The second kappa shape index (κ2) is 11.9. The molecule has 0 spiro atoms. The lowest BCUT2D eigenvalue weighted by atomic mass is 10.1. The summed E-state index contributed by atoms with van der Waals surface area (Å²) in [6.07, 6.45) is 6.69. The van der Waals surface area contributed by atoms with Gasteiger partial charge in [-0.3, -0.25) is 14.5 Å². The van der Waals surface area contributed by atoms with Gasteiger partial charge in [0.1, 0.15) is 0 Å². The average molecular weight is 445 g/mol. The number of unbranched alkanes of at least 4 members (excludes halogenated alkanes) is 1. The number of nitrogens with one attached hydrogen (secondary N) is 1. The molecule has 0 bridgehead atoms. The summed E-state index contributed by atoms with van der Waals surface area (Å²) < 4.78 is 0. The number of carboxylic acids is 1. The Balaban J connectivity index is 1.56. The number of anilines is 2. The molecule has 0 unspecified atom stereocenters. The third-order valence-electron chi connectivity index (χ3n) is 6.32. The summed E-state index contributed by atoms with van der Waals surface area (Å²) in [6, 6.07) is 5.17. The minimum absolute atomic E-state index is 0.103. The molecular formula is C24H36N4O4. The lowest BCUT2D eigenvalue weighted by Crippen LogP contribution is -2.50. The van der Waals surface area contributed by atoms with E-state index in [4.69, 9.17) is 0 Å². The van der Waals surface area contributed by atoms with Crippen molar-refractivity contribution in [2.24, 2.45) is 0 Å². The van der Waals surface area contributed by atoms with Crippen LogP contribution in [0.15, 0.2) is 18.2 Å². The molecule has 1 aromatic rings. The number of amides is 2. The fourth-order valence-electron chi connectivity index (χ4n) is 4.34. The Kier molecular flexibility index (Phi) is 8.90. The highest BCUT2D eigenvalue weighted by molar-refractivity contribution is 6.01. The number of carboxylic acid groups (broad SMARTS) is 1. The van der Waals surface area contributed by atoms with Crippen LogP contribution in [0.5, 0.6) is 0 Å². The lowest BCUT2D eigenvalue weighted by molar-refractivity contribution is -0.132. The number of nitrogens with zero attached hydrogens (tertiary/aromatic N) is 3. The van der Waals surface area contributed by atoms with E-state index in [1.54, 1.807) is 12.1 Å². The quantitative estimate of drug-likeness (QED) is 0.640. The summed E-state index contributed by atoms with van der Waals surface area (Å²) in [6.45, 7) is 7.19. The molecule has 2 fully saturated rings. The van der Waals surface area contributed by atoms with E-state index in [0.29, 0.717) is 18.7 Å². The maximum Gasteiger partial charge on any atom is 0.337 e. The van der Waals surface area contributed by atoms with Gasteiger partial charge in [-0.1, -0.05) is 26.2 Å². The second-order valence-corrected chi connectivity index (χ2v) is 8.74. The van der Waals surface area contributed by atoms with Gasteiger partial charge in [-0.2, -0.15) is 0 Å². The topological polar surface area (TPSA) is 93.2 Å². The Morgan fingerprint density at radius 2 is 1.66 bits per heavy atom. The molecule has 2 amide bonds. The van der Waals surface area contributed by atoms with Crippen molar-refractivity contribution in [1.82, 2.24) is 9.80 Å². The van der Waals surface area contributed by atoms with E-state index in [2.05, 4.69) is 15.1 Å². The highest BCUT2D eigenvalue weighted by atomic mass is 16.4. The SMILES string of the molecule is CCCCC(=O)Nc1ccc(N2CCN(CC(=O)N3CCCCCC3)CC2)cc1C(=O)O. The molecule has 0 atom stereocenters. The number of carbonyl (C=O) groups excluding carboxylic acids is 2. The normalized spacial score (nSPS) is 17.7. The van der Waals surface area contributed by atoms with Crippen LogP contribution in [-0.2, 0) is 9.59 Å². The van der Waals surface area contributed by atoms with Gasteiger partial charge >= 0.3 is 5.97 Å². The van der Waals surface area contributed by atoms with Gasteiger partial charge in [0.05, 0.1) is 17.8 Å². The molecule has 2 aliphatic rings. The molecular weight excluding hydrogens is 408 g/mol. The van der Waals surface area contributed by atoms with E-state index in [1.165, 1.54) is 12.8 Å². The molecule has 2 heterocycles. The largest absolute Gasteiger partial charge is 0.478 e. The zero-order chi connectivity index (χ0) is 22.9. The van der Waals surface area contributed by atoms with Crippen LogP contribution in [0.4, 0.5) is 11.4 Å². The van der Waals surface area contributed by atoms with Crippen molar-refractivity contribution < 1.29 is 19.5 Å². The molecule has 2 saturated heterocycles. The van der Waals surface area contributed by atoms with E-state index in [9.17, 15) is 19.5 Å². The highest BCUT2D eigenvalue weighted by Gasteiger charge is 2.23. The smallest absolute Gasteiger partial charge is 0.337 e. The summed E-state index contributed by atoms with van der Waals surface area (Å²) >= 11 is 0. The Morgan fingerprint density at radius 3 is 2.28 bits per heavy atom. The van der Waals surface area contributed by atoms with Crippen molar-refractivity contribution in [2.75, 3.05) is 56.0 Å². The Hall–Kier alpha value is -2.61. The summed E-state index contributed by atoms with van der Waals surface area (Å²) in [7, 11) is 0. The number of rotatable bonds is 8. The first-order valence-corrected chi connectivity index (χ1v) is 11.9. The maximum atomic E-state index is 12.7. The van der Waals surface area contributed by atoms with Gasteiger partial charge in [0.15, 0.2) is 0 Å². The lowest BCUT2D eigenvalue weighted by Gasteiger charge is -2.36. The zero-order valence-electron chi connectivity index (χ0n) is 19.1. The van der Waals surface area contributed by atoms with Crippen molar-refractivity contribution in [3.63, 3.8) is 0 Å². The third kappa shape index (κ3) is 6.69. The molecule has 2 aliphatic heterocycles. The van der Waals surface area contributed by atoms with Crippen LogP contribution < -0.4 is 10.2 Å². The fraction of sp³-hybridized carbons (Fsp3) is 0.625. The van der Waals surface area contributed by atoms with Crippen LogP contribution in [-0.4, -0.2) is 78.5 Å². The minimum Gasteiger partial charge on any atom is -0.478 e. The van der Waals surface area contributed by atoms with Crippen LogP contribution in [0.3, 0.4) is 0 Å². The maximum absolute atomic E-state index is 12.7. The summed E-state index contributed by atoms with van der Waals surface area (Å²) in [5, 5.41) is 12.4. The van der Waals surface area contributed by atoms with Crippen molar-refractivity contribution >= 4 is 29.2 Å². The minimum atomic E-state index is -1.06. The zero-order valence-corrected chi connectivity index (χ0v) is 19.1. The van der Waals surface area contributed by atoms with Gasteiger partial charge < -0.3 is 20.2 Å². The van der Waals surface area contributed by atoms with Crippen LogP contribution in [0.25, 0.3) is 0 Å². The van der Waals surface area contributed by atoms with E-state index in [1.807, 2.05) is 17.9 Å². The summed E-state index contributed by atoms with van der Waals surface area (Å²) in [5.74, 6) is -0.999. The first kappa shape index (κ1) is 24.0. The van der Waals surface area contributed by atoms with Crippen molar-refractivity contribution in [3.8, 4) is 0 Å². The number of hydrogen-bond donors (Lipinski definition) is 2. The van der Waals surface area contributed by atoms with Crippen molar-refractivity contribution in [1.29, 1.82) is 0 Å². The molecule has 32 heavy (non-hydrogen) atoms. The van der Waals surface area contributed by atoms with Gasteiger partial charge in [0.2, 0.25) is 11.8 Å². The summed E-state index contributed by atoms with van der Waals surface area (Å²) in [5.41, 5.74) is 1.27. The molecule has 0 radical (unpaired) electrons. The van der Waals surface area contributed by atoms with Crippen LogP contribution in [0.2, 0.25) is 0 Å². The first-order chi connectivity index (χ1) is 15.5. The number of aromatic carboxylic acids is 1. The van der Waals surface area contributed by atoms with Crippen LogP contribution in [0.1, 0.15) is 62.2 Å². The molecule has 8 nitrogen and oxygen atoms in total. The molecule has 0 saturated carbocycles. The van der Waals surface area contributed by atoms with Gasteiger partial charge in [-0.05, 0) is 37.5 Å². The first-order valence-electron chi connectivity index (χ1n) is 11.9.